The zero-order valence-corrected chi connectivity index (χ0v) is 6.99. The summed E-state index contributed by atoms with van der Waals surface area (Å²) in [6, 6.07) is 9.28. The van der Waals surface area contributed by atoms with Crippen molar-refractivity contribution in [1.29, 1.82) is 0 Å². The molecule has 0 radical (unpaired) electrons. The Morgan fingerprint density at radius 1 is 1.42 bits per heavy atom. The Balaban J connectivity index is 2.52. The molecule has 0 saturated carbocycles. The van der Waals surface area contributed by atoms with Gasteiger partial charge in [0.15, 0.2) is 0 Å². The highest BCUT2D eigenvalue weighted by Crippen LogP contribution is 1.92. The Kier molecular flexibility index (Phi) is 3.43. The van der Waals surface area contributed by atoms with E-state index in [0.29, 0.717) is 0 Å². The maximum atomic E-state index is 10.1. The third-order valence-electron chi connectivity index (χ3n) is 1.14. The molecule has 0 fully saturated rings. The van der Waals surface area contributed by atoms with Gasteiger partial charge in [-0.05, 0) is 5.56 Å². The van der Waals surface area contributed by atoms with Gasteiger partial charge in [-0.3, -0.25) is 4.55 Å². The van der Waals surface area contributed by atoms with Gasteiger partial charge in [0.2, 0.25) is 0 Å². The fourth-order valence-electron chi connectivity index (χ4n) is 0.685. The Hall–Kier alpha value is -1.20. The van der Waals surface area contributed by atoms with Crippen LogP contribution >= 0.6 is 0 Å². The first-order valence-electron chi connectivity index (χ1n) is 3.23. The van der Waals surface area contributed by atoms with E-state index in [1.807, 2.05) is 35.2 Å². The maximum Gasteiger partial charge on any atom is 0.275 e. The minimum atomic E-state index is -2.09. The van der Waals surface area contributed by atoms with Crippen LogP contribution in [-0.4, -0.2) is 15.0 Å². The van der Waals surface area contributed by atoms with Crippen LogP contribution in [0.5, 0.6) is 0 Å². The highest BCUT2D eigenvalue weighted by atomic mass is 32.2. The summed E-state index contributed by atoms with van der Waals surface area (Å²) < 4.78 is 18.4. The van der Waals surface area contributed by atoms with Crippen molar-refractivity contribution in [2.24, 2.45) is 5.10 Å². The van der Waals surface area contributed by atoms with Crippen LogP contribution in [0.3, 0.4) is 0 Å². The third kappa shape index (κ3) is 3.27. The molecule has 0 saturated heterocycles. The van der Waals surface area contributed by atoms with Gasteiger partial charge < -0.3 is 0 Å². The predicted molar refractivity (Wildman–Crippen MR) is 47.9 cm³/mol. The van der Waals surface area contributed by atoms with Crippen LogP contribution in [0.1, 0.15) is 5.56 Å². The number of nitrogens with one attached hydrogen (secondary N) is 1. The molecular formula is C7H8N2O2S. The van der Waals surface area contributed by atoms with Gasteiger partial charge in [0.1, 0.15) is 0 Å². The SMILES string of the molecule is O=S(O)NN=Cc1ccccc1. The lowest BCUT2D eigenvalue weighted by atomic mass is 10.2. The molecule has 1 aromatic rings. The minimum Gasteiger partial charge on any atom is -0.288 e. The van der Waals surface area contributed by atoms with E-state index in [1.165, 1.54) is 6.21 Å². The van der Waals surface area contributed by atoms with E-state index in [-0.39, 0.29) is 0 Å². The van der Waals surface area contributed by atoms with Crippen LogP contribution in [0.15, 0.2) is 35.4 Å². The molecule has 0 bridgehead atoms. The van der Waals surface area contributed by atoms with E-state index >= 15 is 0 Å². The lowest BCUT2D eigenvalue weighted by Crippen LogP contribution is -2.07. The second-order valence-corrected chi connectivity index (χ2v) is 2.69. The molecule has 0 aliphatic carbocycles. The first kappa shape index (κ1) is 8.89. The number of benzene rings is 1. The van der Waals surface area contributed by atoms with E-state index < -0.39 is 11.3 Å². The topological polar surface area (TPSA) is 61.7 Å². The monoisotopic (exact) mass is 184 g/mol. The molecule has 0 aliphatic rings. The molecule has 0 aromatic heterocycles. The van der Waals surface area contributed by atoms with Crippen molar-refractivity contribution in [1.82, 2.24) is 4.83 Å². The molecule has 1 unspecified atom stereocenters. The molecule has 0 heterocycles. The van der Waals surface area contributed by atoms with Crippen LogP contribution in [0.4, 0.5) is 0 Å². The summed E-state index contributed by atoms with van der Waals surface area (Å²) in [7, 11) is 0. The Morgan fingerprint density at radius 3 is 2.67 bits per heavy atom. The average Bonchev–Trinajstić information content (AvgIpc) is 2.05. The van der Waals surface area contributed by atoms with E-state index in [2.05, 4.69) is 5.10 Å². The van der Waals surface area contributed by atoms with Crippen molar-refractivity contribution in [3.05, 3.63) is 35.9 Å². The lowest BCUT2D eigenvalue weighted by Gasteiger charge is -1.91. The molecule has 12 heavy (non-hydrogen) atoms. The van der Waals surface area contributed by atoms with Gasteiger partial charge in [0, 0.05) is 0 Å². The quantitative estimate of drug-likeness (QED) is 0.413. The van der Waals surface area contributed by atoms with Gasteiger partial charge in [0.25, 0.3) is 11.3 Å². The molecule has 1 aromatic carbocycles. The second-order valence-electron chi connectivity index (χ2n) is 2.01. The molecule has 5 heteroatoms. The molecule has 0 amide bonds. The van der Waals surface area contributed by atoms with Crippen molar-refractivity contribution in [3.63, 3.8) is 0 Å². The summed E-state index contributed by atoms with van der Waals surface area (Å²) in [6.07, 6.45) is 1.47. The van der Waals surface area contributed by atoms with E-state index in [4.69, 9.17) is 4.55 Å². The fraction of sp³-hybridized carbons (Fsp3) is 0. The van der Waals surface area contributed by atoms with Crippen LogP contribution in [-0.2, 0) is 11.3 Å². The Labute approximate surface area is 72.7 Å². The smallest absolute Gasteiger partial charge is 0.275 e. The molecule has 0 aliphatic heterocycles. The Morgan fingerprint density at radius 2 is 2.08 bits per heavy atom. The summed E-state index contributed by atoms with van der Waals surface area (Å²) in [5, 5.41) is 3.52. The van der Waals surface area contributed by atoms with Gasteiger partial charge in [-0.25, -0.2) is 9.04 Å². The van der Waals surface area contributed by atoms with Crippen LogP contribution in [0.25, 0.3) is 0 Å². The summed E-state index contributed by atoms with van der Waals surface area (Å²) in [6.45, 7) is 0. The van der Waals surface area contributed by atoms with E-state index in [0.717, 1.165) is 5.56 Å². The molecule has 64 valence electrons. The van der Waals surface area contributed by atoms with Crippen LogP contribution in [0.2, 0.25) is 0 Å². The molecular weight excluding hydrogens is 176 g/mol. The van der Waals surface area contributed by atoms with Crippen molar-refractivity contribution >= 4 is 17.5 Å². The number of hydrogen-bond acceptors (Lipinski definition) is 2. The van der Waals surface area contributed by atoms with Gasteiger partial charge in [-0.15, -0.1) is 0 Å². The molecule has 0 spiro atoms. The summed E-state index contributed by atoms with van der Waals surface area (Å²) in [4.78, 5) is 1.99. The lowest BCUT2D eigenvalue weighted by molar-refractivity contribution is 0.552. The highest BCUT2D eigenvalue weighted by molar-refractivity contribution is 7.77. The van der Waals surface area contributed by atoms with Crippen LogP contribution < -0.4 is 4.83 Å². The molecule has 1 rings (SSSR count). The normalized spacial score (nSPS) is 13.1. The zero-order valence-electron chi connectivity index (χ0n) is 6.18. The van der Waals surface area contributed by atoms with E-state index in [9.17, 15) is 4.21 Å². The van der Waals surface area contributed by atoms with Crippen LogP contribution in [0, 0.1) is 0 Å². The number of hydrogen-bond donors (Lipinski definition) is 2. The summed E-state index contributed by atoms with van der Waals surface area (Å²) in [5.74, 6) is 0. The summed E-state index contributed by atoms with van der Waals surface area (Å²) >= 11 is -2.09. The fourth-order valence-corrected chi connectivity index (χ4v) is 0.828. The average molecular weight is 184 g/mol. The van der Waals surface area contributed by atoms with E-state index in [1.54, 1.807) is 0 Å². The second kappa shape index (κ2) is 4.63. The first-order chi connectivity index (χ1) is 5.79. The third-order valence-corrected chi connectivity index (χ3v) is 1.41. The Bertz CT molecular complexity index is 287. The van der Waals surface area contributed by atoms with Gasteiger partial charge >= 0.3 is 0 Å². The van der Waals surface area contributed by atoms with Gasteiger partial charge in [0.05, 0.1) is 6.21 Å². The van der Waals surface area contributed by atoms with Gasteiger partial charge in [-0.2, -0.15) is 5.10 Å². The molecule has 4 nitrogen and oxygen atoms in total. The van der Waals surface area contributed by atoms with Gasteiger partial charge in [-0.1, -0.05) is 30.3 Å². The highest BCUT2D eigenvalue weighted by Gasteiger charge is 1.84. The number of nitrogens with zero attached hydrogens (tertiary/aromatic N) is 1. The van der Waals surface area contributed by atoms with Crippen molar-refractivity contribution in [2.45, 2.75) is 0 Å². The standard InChI is InChI=1S/C7H8N2O2S/c10-12(11)9-8-6-7-4-2-1-3-5-7/h1-6,9H,(H,10,11). The van der Waals surface area contributed by atoms with Crippen molar-refractivity contribution < 1.29 is 8.76 Å². The zero-order chi connectivity index (χ0) is 8.81. The molecule has 1 atom stereocenters. The maximum absolute atomic E-state index is 10.1. The number of rotatable bonds is 3. The van der Waals surface area contributed by atoms with Crippen molar-refractivity contribution in [2.75, 3.05) is 0 Å². The molecule has 2 N–H and O–H groups in total. The minimum absolute atomic E-state index is 0.871. The van der Waals surface area contributed by atoms with Crippen molar-refractivity contribution in [3.8, 4) is 0 Å². The predicted octanol–water partition coefficient (Wildman–Crippen LogP) is 0.747. The largest absolute Gasteiger partial charge is 0.288 e. The first-order valence-corrected chi connectivity index (χ1v) is 4.34. The number of hydrazone groups is 1. The summed E-state index contributed by atoms with van der Waals surface area (Å²) in [5.41, 5.74) is 0.871.